The van der Waals surface area contributed by atoms with Crippen LogP contribution in [0.4, 0.5) is 0 Å². The summed E-state index contributed by atoms with van der Waals surface area (Å²) in [4.78, 5) is 24.8. The average molecular weight is 414 g/mol. The number of benzene rings is 3. The van der Waals surface area contributed by atoms with Gasteiger partial charge in [-0.1, -0.05) is 30.3 Å². The molecule has 0 saturated heterocycles. The third kappa shape index (κ3) is 4.82. The van der Waals surface area contributed by atoms with Crippen LogP contribution in [0, 0.1) is 0 Å². The number of hydrogen-bond acceptors (Lipinski definition) is 6. The van der Waals surface area contributed by atoms with Crippen molar-refractivity contribution in [3.63, 3.8) is 0 Å². The highest BCUT2D eigenvalue weighted by molar-refractivity contribution is 5.89. The first-order chi connectivity index (χ1) is 15.1. The van der Waals surface area contributed by atoms with Crippen molar-refractivity contribution in [3.05, 3.63) is 101 Å². The first-order valence-electron chi connectivity index (χ1n) is 9.45. The molecule has 4 rings (SSSR count). The van der Waals surface area contributed by atoms with Crippen LogP contribution in [-0.4, -0.2) is 13.1 Å². The zero-order valence-corrected chi connectivity index (χ0v) is 16.6. The topological polar surface area (TPSA) is 75.0 Å². The number of esters is 1. The van der Waals surface area contributed by atoms with Crippen molar-refractivity contribution in [1.82, 2.24) is 0 Å². The SMILES string of the molecule is COc1ccc(Oc2coc3cc(OC(=O)C=Cc4ccccc4)ccc3c2=O)cc1. The van der Waals surface area contributed by atoms with Gasteiger partial charge in [0.2, 0.25) is 11.2 Å². The fraction of sp³-hybridized carbons (Fsp3) is 0.0400. The van der Waals surface area contributed by atoms with Crippen molar-refractivity contribution in [2.24, 2.45) is 0 Å². The number of carbonyl (C=O) groups excluding carboxylic acids is 1. The number of methoxy groups -OCH3 is 1. The van der Waals surface area contributed by atoms with E-state index in [1.807, 2.05) is 30.3 Å². The Bertz CT molecular complexity index is 1290. The predicted octanol–water partition coefficient (Wildman–Crippen LogP) is 5.21. The van der Waals surface area contributed by atoms with Crippen molar-refractivity contribution in [3.8, 4) is 23.0 Å². The third-order valence-corrected chi connectivity index (χ3v) is 4.43. The molecule has 3 aromatic carbocycles. The maximum atomic E-state index is 12.7. The lowest BCUT2D eigenvalue weighted by Gasteiger charge is -2.07. The van der Waals surface area contributed by atoms with Gasteiger partial charge in [-0.15, -0.1) is 0 Å². The molecule has 0 spiro atoms. The summed E-state index contributed by atoms with van der Waals surface area (Å²) in [5, 5.41) is 0.311. The van der Waals surface area contributed by atoms with Gasteiger partial charge < -0.3 is 18.6 Å². The van der Waals surface area contributed by atoms with Crippen LogP contribution in [0.15, 0.2) is 94.3 Å². The van der Waals surface area contributed by atoms with E-state index in [1.165, 1.54) is 30.5 Å². The number of hydrogen-bond donors (Lipinski definition) is 0. The minimum Gasteiger partial charge on any atom is -0.497 e. The van der Waals surface area contributed by atoms with Crippen molar-refractivity contribution in [1.29, 1.82) is 0 Å². The van der Waals surface area contributed by atoms with Crippen LogP contribution in [0.3, 0.4) is 0 Å². The van der Waals surface area contributed by atoms with Gasteiger partial charge in [0, 0.05) is 12.1 Å². The summed E-state index contributed by atoms with van der Waals surface area (Å²) in [5.74, 6) is 0.933. The molecule has 154 valence electrons. The molecule has 0 amide bonds. The zero-order chi connectivity index (χ0) is 21.6. The molecule has 1 aromatic heterocycles. The molecule has 0 atom stereocenters. The molecule has 0 N–H and O–H groups in total. The number of ether oxygens (including phenoxy) is 3. The standard InChI is InChI=1S/C25H18O6/c1-28-18-8-10-19(11-9-18)30-23-16-29-22-15-20(12-13-21(22)25(23)27)31-24(26)14-7-17-5-3-2-4-6-17/h2-16H,1H3. The summed E-state index contributed by atoms with van der Waals surface area (Å²) in [7, 11) is 1.57. The van der Waals surface area contributed by atoms with Crippen LogP contribution >= 0.6 is 0 Å². The first-order valence-corrected chi connectivity index (χ1v) is 9.45. The molecule has 0 aliphatic rings. The normalized spacial score (nSPS) is 10.9. The van der Waals surface area contributed by atoms with Gasteiger partial charge in [-0.05, 0) is 48.0 Å². The van der Waals surface area contributed by atoms with Crippen LogP contribution in [0.2, 0.25) is 0 Å². The Labute approximate surface area is 177 Å². The molecule has 31 heavy (non-hydrogen) atoms. The lowest BCUT2D eigenvalue weighted by molar-refractivity contribution is -0.128. The molecule has 0 aliphatic carbocycles. The van der Waals surface area contributed by atoms with Crippen LogP contribution < -0.4 is 19.6 Å². The van der Waals surface area contributed by atoms with Gasteiger partial charge in [-0.2, -0.15) is 0 Å². The zero-order valence-electron chi connectivity index (χ0n) is 16.6. The van der Waals surface area contributed by atoms with Crippen LogP contribution in [0.5, 0.6) is 23.0 Å². The Kier molecular flexibility index (Phi) is 5.80. The second kappa shape index (κ2) is 9.00. The third-order valence-electron chi connectivity index (χ3n) is 4.43. The highest BCUT2D eigenvalue weighted by Crippen LogP contribution is 2.25. The largest absolute Gasteiger partial charge is 0.497 e. The smallest absolute Gasteiger partial charge is 0.336 e. The van der Waals surface area contributed by atoms with Gasteiger partial charge in [0.15, 0.2) is 0 Å². The molecule has 6 heteroatoms. The van der Waals surface area contributed by atoms with E-state index < -0.39 is 5.97 Å². The van der Waals surface area contributed by atoms with Crippen LogP contribution in [0.25, 0.3) is 17.0 Å². The second-order valence-corrected chi connectivity index (χ2v) is 6.53. The fourth-order valence-electron chi connectivity index (χ4n) is 2.87. The molecule has 0 bridgehead atoms. The summed E-state index contributed by atoms with van der Waals surface area (Å²) >= 11 is 0. The minimum atomic E-state index is -0.537. The van der Waals surface area contributed by atoms with Gasteiger partial charge in [0.1, 0.15) is 29.1 Å². The molecular weight excluding hydrogens is 396 g/mol. The van der Waals surface area contributed by atoms with E-state index >= 15 is 0 Å². The summed E-state index contributed by atoms with van der Waals surface area (Å²) in [6.07, 6.45) is 4.23. The summed E-state index contributed by atoms with van der Waals surface area (Å²) in [5.41, 5.74) is 0.830. The predicted molar refractivity (Wildman–Crippen MR) is 117 cm³/mol. The van der Waals surface area contributed by atoms with E-state index in [2.05, 4.69) is 0 Å². The van der Waals surface area contributed by atoms with Gasteiger partial charge in [0.05, 0.1) is 12.5 Å². The van der Waals surface area contributed by atoms with E-state index in [0.29, 0.717) is 16.9 Å². The van der Waals surface area contributed by atoms with Gasteiger partial charge >= 0.3 is 5.97 Å². The number of fused-ring (bicyclic) bond motifs is 1. The molecular formula is C25H18O6. The van der Waals surface area contributed by atoms with Crippen LogP contribution in [-0.2, 0) is 4.79 Å². The summed E-state index contributed by atoms with van der Waals surface area (Å²) in [6, 6.07) is 20.8. The minimum absolute atomic E-state index is 0.0493. The monoisotopic (exact) mass is 414 g/mol. The molecule has 0 unspecified atom stereocenters. The fourth-order valence-corrected chi connectivity index (χ4v) is 2.87. The van der Waals surface area contributed by atoms with Crippen LogP contribution in [0.1, 0.15) is 5.56 Å². The lowest BCUT2D eigenvalue weighted by Crippen LogP contribution is -2.06. The Morgan fingerprint density at radius 2 is 1.61 bits per heavy atom. The summed E-state index contributed by atoms with van der Waals surface area (Å²) in [6.45, 7) is 0. The van der Waals surface area contributed by atoms with Gasteiger partial charge in [-0.25, -0.2) is 4.79 Å². The van der Waals surface area contributed by atoms with E-state index in [9.17, 15) is 9.59 Å². The highest BCUT2D eigenvalue weighted by Gasteiger charge is 2.11. The van der Waals surface area contributed by atoms with Gasteiger partial charge in [0.25, 0.3) is 0 Å². The van der Waals surface area contributed by atoms with Crippen molar-refractivity contribution in [2.75, 3.05) is 7.11 Å². The Hall–Kier alpha value is -4.32. The summed E-state index contributed by atoms with van der Waals surface area (Å²) < 4.78 is 21.6. The van der Waals surface area contributed by atoms with Crippen molar-refractivity contribution in [2.45, 2.75) is 0 Å². The Balaban J connectivity index is 1.50. The molecule has 6 nitrogen and oxygen atoms in total. The number of rotatable bonds is 6. The second-order valence-electron chi connectivity index (χ2n) is 6.53. The molecule has 0 fully saturated rings. The van der Waals surface area contributed by atoms with E-state index in [0.717, 1.165) is 5.56 Å². The Morgan fingerprint density at radius 3 is 2.35 bits per heavy atom. The lowest BCUT2D eigenvalue weighted by atomic mass is 10.2. The first kappa shape index (κ1) is 20.0. The maximum absolute atomic E-state index is 12.7. The Morgan fingerprint density at radius 1 is 0.903 bits per heavy atom. The maximum Gasteiger partial charge on any atom is 0.336 e. The van der Waals surface area contributed by atoms with E-state index in [4.69, 9.17) is 18.6 Å². The van der Waals surface area contributed by atoms with Crippen molar-refractivity contribution >= 4 is 23.0 Å². The average Bonchev–Trinajstić information content (AvgIpc) is 2.81. The number of carbonyl (C=O) groups is 1. The quantitative estimate of drug-likeness (QED) is 0.245. The molecule has 4 aromatic rings. The molecule has 0 saturated carbocycles. The van der Waals surface area contributed by atoms with Crippen molar-refractivity contribution < 1.29 is 23.4 Å². The molecule has 1 heterocycles. The molecule has 0 radical (unpaired) electrons. The van der Waals surface area contributed by atoms with E-state index in [-0.39, 0.29) is 22.5 Å². The van der Waals surface area contributed by atoms with E-state index in [1.54, 1.807) is 37.5 Å². The van der Waals surface area contributed by atoms with Gasteiger partial charge in [-0.3, -0.25) is 4.79 Å². The highest BCUT2D eigenvalue weighted by atomic mass is 16.5. The molecule has 0 aliphatic heterocycles.